The summed E-state index contributed by atoms with van der Waals surface area (Å²) in [5.74, 6) is -0.809. The smallest absolute Gasteiger partial charge is 0.318 e. The molecule has 0 radical (unpaired) electrons. The zero-order valence-corrected chi connectivity index (χ0v) is 20.4. The molecule has 3 aromatic rings. The second-order valence-electron chi connectivity index (χ2n) is 8.11. The van der Waals surface area contributed by atoms with E-state index in [1.807, 2.05) is 55.7 Å². The van der Waals surface area contributed by atoms with Crippen molar-refractivity contribution in [3.8, 4) is 5.69 Å². The fourth-order valence-corrected chi connectivity index (χ4v) is 4.51. The standard InChI is InChI=1S/C24H25F3N4O3S/c1-16-7-5-10-22(11-16)31-17(2)12-19(18(31)3)14-28-29-23(32)15-30(35(4,33)34)21-9-6-8-20(13-21)24(25,26)27/h5-14H,15H2,1-4H3,(H,29,32). The monoisotopic (exact) mass is 506 g/mol. The lowest BCUT2D eigenvalue weighted by molar-refractivity contribution is -0.137. The van der Waals surface area contributed by atoms with E-state index < -0.39 is 34.2 Å². The molecule has 0 aliphatic carbocycles. The minimum Gasteiger partial charge on any atom is -0.318 e. The number of nitrogens with one attached hydrogen (secondary N) is 1. The summed E-state index contributed by atoms with van der Waals surface area (Å²) in [5, 5.41) is 3.91. The van der Waals surface area contributed by atoms with E-state index in [4.69, 9.17) is 0 Å². The van der Waals surface area contributed by atoms with Crippen LogP contribution in [0.25, 0.3) is 5.69 Å². The molecule has 1 heterocycles. The van der Waals surface area contributed by atoms with Crippen molar-refractivity contribution in [2.75, 3.05) is 17.1 Å². The van der Waals surface area contributed by atoms with E-state index >= 15 is 0 Å². The van der Waals surface area contributed by atoms with E-state index in [2.05, 4.69) is 10.5 Å². The van der Waals surface area contributed by atoms with Crippen LogP contribution in [0.15, 0.2) is 59.7 Å². The van der Waals surface area contributed by atoms with Crippen LogP contribution >= 0.6 is 0 Å². The number of rotatable bonds is 7. The van der Waals surface area contributed by atoms with Gasteiger partial charge in [-0.25, -0.2) is 13.8 Å². The summed E-state index contributed by atoms with van der Waals surface area (Å²) in [6.07, 6.45) is -2.41. The molecule has 1 N–H and O–H groups in total. The van der Waals surface area contributed by atoms with Crippen molar-refractivity contribution in [3.05, 3.63) is 82.7 Å². The largest absolute Gasteiger partial charge is 0.416 e. The molecule has 0 fully saturated rings. The van der Waals surface area contributed by atoms with Gasteiger partial charge in [0, 0.05) is 22.6 Å². The Hall–Kier alpha value is -3.60. The number of alkyl halides is 3. The number of hydrogen-bond donors (Lipinski definition) is 1. The summed E-state index contributed by atoms with van der Waals surface area (Å²) in [6, 6.07) is 13.6. The molecular weight excluding hydrogens is 481 g/mol. The topological polar surface area (TPSA) is 83.8 Å². The molecule has 2 aromatic carbocycles. The Morgan fingerprint density at radius 3 is 2.40 bits per heavy atom. The van der Waals surface area contributed by atoms with Crippen molar-refractivity contribution in [1.82, 2.24) is 9.99 Å². The molecule has 0 unspecified atom stereocenters. The van der Waals surface area contributed by atoms with Crippen molar-refractivity contribution in [2.24, 2.45) is 5.10 Å². The molecule has 186 valence electrons. The molecule has 0 aliphatic heterocycles. The van der Waals surface area contributed by atoms with Crippen LogP contribution in [0.5, 0.6) is 0 Å². The van der Waals surface area contributed by atoms with Crippen molar-refractivity contribution in [1.29, 1.82) is 0 Å². The number of carbonyl (C=O) groups excluding carboxylic acids is 1. The van der Waals surface area contributed by atoms with Crippen LogP contribution in [0.1, 0.15) is 28.1 Å². The fraction of sp³-hybridized carbons (Fsp3) is 0.250. The number of halogens is 3. The van der Waals surface area contributed by atoms with Crippen LogP contribution in [0, 0.1) is 20.8 Å². The number of benzene rings is 2. The van der Waals surface area contributed by atoms with Gasteiger partial charge in [-0.15, -0.1) is 0 Å². The third-order valence-electron chi connectivity index (χ3n) is 5.27. The lowest BCUT2D eigenvalue weighted by Gasteiger charge is -2.22. The molecule has 1 aromatic heterocycles. The first-order valence-corrected chi connectivity index (χ1v) is 12.3. The Morgan fingerprint density at radius 1 is 1.09 bits per heavy atom. The number of nitrogens with zero attached hydrogens (tertiary/aromatic N) is 3. The van der Waals surface area contributed by atoms with Crippen LogP contribution < -0.4 is 9.73 Å². The van der Waals surface area contributed by atoms with Gasteiger partial charge in [0.25, 0.3) is 5.91 Å². The summed E-state index contributed by atoms with van der Waals surface area (Å²) in [7, 11) is -4.05. The molecular formula is C24H25F3N4O3S. The lowest BCUT2D eigenvalue weighted by Crippen LogP contribution is -2.39. The van der Waals surface area contributed by atoms with E-state index in [0.717, 1.165) is 46.6 Å². The Bertz CT molecular complexity index is 1380. The summed E-state index contributed by atoms with van der Waals surface area (Å²) in [6.45, 7) is 5.09. The zero-order valence-electron chi connectivity index (χ0n) is 19.6. The van der Waals surface area contributed by atoms with Gasteiger partial charge in [-0.1, -0.05) is 18.2 Å². The van der Waals surface area contributed by atoms with Gasteiger partial charge >= 0.3 is 6.18 Å². The second-order valence-corrected chi connectivity index (χ2v) is 10.0. The number of aromatic nitrogens is 1. The molecule has 0 bridgehead atoms. The lowest BCUT2D eigenvalue weighted by atomic mass is 10.2. The Labute approximate surface area is 201 Å². The van der Waals surface area contributed by atoms with Crippen LogP contribution in [-0.4, -0.2) is 37.9 Å². The predicted molar refractivity (Wildman–Crippen MR) is 129 cm³/mol. The highest BCUT2D eigenvalue weighted by Gasteiger charge is 2.32. The molecule has 0 spiro atoms. The van der Waals surface area contributed by atoms with Crippen molar-refractivity contribution < 1.29 is 26.4 Å². The highest BCUT2D eigenvalue weighted by Crippen LogP contribution is 2.32. The third-order valence-corrected chi connectivity index (χ3v) is 6.41. The van der Waals surface area contributed by atoms with Crippen LogP contribution in [0.2, 0.25) is 0 Å². The second kappa shape index (κ2) is 9.95. The van der Waals surface area contributed by atoms with E-state index in [9.17, 15) is 26.4 Å². The van der Waals surface area contributed by atoms with E-state index in [1.165, 1.54) is 12.3 Å². The number of anilines is 1. The summed E-state index contributed by atoms with van der Waals surface area (Å²) in [5.41, 5.74) is 5.61. The predicted octanol–water partition coefficient (Wildman–Crippen LogP) is 4.34. The number of hydrogen-bond acceptors (Lipinski definition) is 4. The van der Waals surface area contributed by atoms with Gasteiger partial charge in [-0.05, 0) is 62.7 Å². The molecule has 35 heavy (non-hydrogen) atoms. The number of aryl methyl sites for hydroxylation is 2. The minimum absolute atomic E-state index is 0.275. The van der Waals surface area contributed by atoms with Crippen LogP contribution in [-0.2, 0) is 21.0 Å². The number of sulfonamides is 1. The average molecular weight is 507 g/mol. The van der Waals surface area contributed by atoms with Crippen LogP contribution in [0.4, 0.5) is 18.9 Å². The molecule has 0 aliphatic rings. The summed E-state index contributed by atoms with van der Waals surface area (Å²) < 4.78 is 66.1. The number of hydrazone groups is 1. The molecule has 11 heteroatoms. The molecule has 1 amide bonds. The normalized spacial score (nSPS) is 12.2. The first kappa shape index (κ1) is 26.0. The quantitative estimate of drug-likeness (QED) is 0.382. The highest BCUT2D eigenvalue weighted by molar-refractivity contribution is 7.92. The van der Waals surface area contributed by atoms with E-state index in [-0.39, 0.29) is 5.69 Å². The Balaban J connectivity index is 1.77. The van der Waals surface area contributed by atoms with Gasteiger partial charge in [0.2, 0.25) is 10.0 Å². The molecule has 3 rings (SSSR count). The van der Waals surface area contributed by atoms with Crippen molar-refractivity contribution in [3.63, 3.8) is 0 Å². The molecule has 0 saturated heterocycles. The van der Waals surface area contributed by atoms with Gasteiger partial charge in [-0.3, -0.25) is 9.10 Å². The van der Waals surface area contributed by atoms with Crippen LogP contribution in [0.3, 0.4) is 0 Å². The van der Waals surface area contributed by atoms with Gasteiger partial charge in [0.15, 0.2) is 0 Å². The first-order valence-electron chi connectivity index (χ1n) is 10.5. The highest BCUT2D eigenvalue weighted by atomic mass is 32.2. The minimum atomic E-state index is -4.66. The maximum Gasteiger partial charge on any atom is 0.416 e. The van der Waals surface area contributed by atoms with E-state index in [0.29, 0.717) is 10.4 Å². The number of amides is 1. The molecule has 0 atom stereocenters. The summed E-state index contributed by atoms with van der Waals surface area (Å²) >= 11 is 0. The fourth-order valence-electron chi connectivity index (χ4n) is 3.66. The average Bonchev–Trinajstić information content (AvgIpc) is 3.03. The molecule has 7 nitrogen and oxygen atoms in total. The maximum atomic E-state index is 13.0. The van der Waals surface area contributed by atoms with Gasteiger partial charge < -0.3 is 4.57 Å². The molecule has 0 saturated carbocycles. The van der Waals surface area contributed by atoms with Crippen molar-refractivity contribution in [2.45, 2.75) is 26.9 Å². The van der Waals surface area contributed by atoms with E-state index in [1.54, 1.807) is 0 Å². The zero-order chi connectivity index (χ0) is 26.0. The SMILES string of the molecule is Cc1cccc(-n2c(C)cc(C=NNC(=O)CN(c3cccc(C(F)(F)F)c3)S(C)(=O)=O)c2C)c1. The Morgan fingerprint density at radius 2 is 1.77 bits per heavy atom. The maximum absolute atomic E-state index is 13.0. The van der Waals surface area contributed by atoms with Gasteiger partial charge in [-0.2, -0.15) is 18.3 Å². The van der Waals surface area contributed by atoms with Gasteiger partial charge in [0.1, 0.15) is 6.54 Å². The van der Waals surface area contributed by atoms with Gasteiger partial charge in [0.05, 0.1) is 23.7 Å². The van der Waals surface area contributed by atoms with Crippen molar-refractivity contribution >= 4 is 27.8 Å². The Kier molecular flexibility index (Phi) is 7.39. The summed E-state index contributed by atoms with van der Waals surface area (Å²) in [4.78, 5) is 12.4. The number of carbonyl (C=O) groups is 1. The third kappa shape index (κ3) is 6.30. The first-order chi connectivity index (χ1) is 16.3.